The molecule has 0 saturated heterocycles. The lowest BCUT2D eigenvalue weighted by molar-refractivity contribution is -0.138. The molecule has 4 nitrogen and oxygen atoms in total. The molecule has 0 unspecified atom stereocenters. The molecule has 1 saturated carbocycles. The second kappa shape index (κ2) is 13.5. The number of benzene rings is 1. The average Bonchev–Trinajstić information content (AvgIpc) is 3.03. The maximum Gasteiger partial charge on any atom is 0.416 e. The van der Waals surface area contributed by atoms with E-state index in [1.807, 2.05) is 6.08 Å². The first kappa shape index (κ1) is 30.2. The Morgan fingerprint density at radius 1 is 1.19 bits per heavy atom. The molecule has 0 radical (unpaired) electrons. The van der Waals surface area contributed by atoms with Crippen molar-refractivity contribution >= 4 is 14.3 Å². The average molecular weight is 527 g/mol. The number of ether oxygens (including phenoxy) is 1. The van der Waals surface area contributed by atoms with Crippen LogP contribution >= 0.6 is 0 Å². The zero-order valence-electron chi connectivity index (χ0n) is 22.1. The van der Waals surface area contributed by atoms with Crippen molar-refractivity contribution < 1.29 is 32.2 Å². The van der Waals surface area contributed by atoms with Crippen molar-refractivity contribution in [1.29, 1.82) is 0 Å². The summed E-state index contributed by atoms with van der Waals surface area (Å²) in [6.07, 6.45) is 7.42. The Hall–Kier alpha value is -2.06. The van der Waals surface area contributed by atoms with Crippen LogP contribution in [0, 0.1) is 23.7 Å². The Morgan fingerprint density at radius 2 is 1.92 bits per heavy atom. The molecule has 2 rings (SSSR count). The number of carboxylic acids is 1. The van der Waals surface area contributed by atoms with Gasteiger partial charge in [0.1, 0.15) is 12.4 Å². The normalized spacial score (nSPS) is 24.0. The number of alkyl halides is 3. The number of allylic oxidation sites excluding steroid dienone is 3. The van der Waals surface area contributed by atoms with Crippen molar-refractivity contribution in [2.45, 2.75) is 77.9 Å². The van der Waals surface area contributed by atoms with Gasteiger partial charge in [-0.25, -0.2) is 0 Å². The topological polar surface area (TPSA) is 55.8 Å². The van der Waals surface area contributed by atoms with E-state index in [-0.39, 0.29) is 24.9 Å². The van der Waals surface area contributed by atoms with Crippen molar-refractivity contribution in [3.8, 4) is 5.75 Å². The number of hydrogen-bond donors (Lipinski definition) is 1. The van der Waals surface area contributed by atoms with Crippen LogP contribution in [0.5, 0.6) is 5.75 Å². The molecule has 1 aromatic carbocycles. The summed E-state index contributed by atoms with van der Waals surface area (Å²) < 4.78 is 51.2. The van der Waals surface area contributed by atoms with Gasteiger partial charge >= 0.3 is 12.1 Å². The van der Waals surface area contributed by atoms with Crippen molar-refractivity contribution in [3.63, 3.8) is 0 Å². The second-order valence-corrected chi connectivity index (χ2v) is 15.4. The number of aliphatic carboxylic acids is 1. The van der Waals surface area contributed by atoms with Gasteiger partial charge < -0.3 is 14.3 Å². The van der Waals surface area contributed by atoms with E-state index < -0.39 is 26.0 Å². The largest absolute Gasteiger partial charge is 0.491 e. The van der Waals surface area contributed by atoms with Crippen LogP contribution in [0.4, 0.5) is 13.2 Å². The molecular formula is C28H41F3O4Si. The molecule has 8 heteroatoms. The Balaban J connectivity index is 2.06. The molecule has 36 heavy (non-hydrogen) atoms. The summed E-state index contributed by atoms with van der Waals surface area (Å²) in [5.41, 5.74) is -0.731. The lowest BCUT2D eigenvalue weighted by Gasteiger charge is -2.26. The van der Waals surface area contributed by atoms with Crippen LogP contribution in [0.1, 0.15) is 51.5 Å². The highest BCUT2D eigenvalue weighted by Crippen LogP contribution is 2.44. The van der Waals surface area contributed by atoms with Crippen LogP contribution in [0.15, 0.2) is 48.6 Å². The van der Waals surface area contributed by atoms with Crippen molar-refractivity contribution in [2.24, 2.45) is 23.7 Å². The quantitative estimate of drug-likeness (QED) is 0.161. The van der Waals surface area contributed by atoms with Crippen LogP contribution < -0.4 is 4.74 Å². The van der Waals surface area contributed by atoms with E-state index in [9.17, 15) is 18.0 Å². The lowest BCUT2D eigenvalue weighted by atomic mass is 9.84. The molecular weight excluding hydrogens is 485 g/mol. The molecule has 5 atom stereocenters. The van der Waals surface area contributed by atoms with Crippen LogP contribution in [0.3, 0.4) is 0 Å². The maximum absolute atomic E-state index is 13.1. The van der Waals surface area contributed by atoms with E-state index in [1.165, 1.54) is 12.1 Å². The van der Waals surface area contributed by atoms with Gasteiger partial charge in [0.2, 0.25) is 0 Å². The molecule has 1 aromatic rings. The van der Waals surface area contributed by atoms with Gasteiger partial charge in [0.25, 0.3) is 0 Å². The molecule has 0 heterocycles. The zero-order chi connectivity index (χ0) is 26.9. The highest BCUT2D eigenvalue weighted by atomic mass is 28.4. The first-order valence-electron chi connectivity index (χ1n) is 12.8. The summed E-state index contributed by atoms with van der Waals surface area (Å²) in [5.74, 6) is 1.33. The Morgan fingerprint density at radius 3 is 2.56 bits per heavy atom. The zero-order valence-corrected chi connectivity index (χ0v) is 23.1. The van der Waals surface area contributed by atoms with Crippen molar-refractivity contribution in [3.05, 3.63) is 54.1 Å². The Kier molecular flexibility index (Phi) is 11.3. The molecule has 0 amide bonds. The first-order valence-corrected chi connectivity index (χ1v) is 16.2. The highest BCUT2D eigenvalue weighted by molar-refractivity contribution is 6.69. The van der Waals surface area contributed by atoms with E-state index >= 15 is 0 Å². The van der Waals surface area contributed by atoms with Gasteiger partial charge in [-0.2, -0.15) is 13.2 Å². The van der Waals surface area contributed by atoms with Crippen molar-refractivity contribution in [2.75, 3.05) is 6.61 Å². The van der Waals surface area contributed by atoms with Gasteiger partial charge in [-0.1, -0.05) is 44.2 Å². The fourth-order valence-corrected chi connectivity index (χ4v) is 6.01. The fourth-order valence-electron chi connectivity index (χ4n) is 4.96. The summed E-state index contributed by atoms with van der Waals surface area (Å²) in [6.45, 7) is 10.9. The maximum atomic E-state index is 13.1. The van der Waals surface area contributed by atoms with Crippen LogP contribution in [-0.2, 0) is 15.4 Å². The smallest absolute Gasteiger partial charge is 0.416 e. The third-order valence-corrected chi connectivity index (χ3v) is 7.60. The lowest BCUT2D eigenvalue weighted by Crippen LogP contribution is -2.34. The van der Waals surface area contributed by atoms with Crippen LogP contribution in [-0.4, -0.2) is 32.1 Å². The molecule has 0 bridgehead atoms. The Labute approximate surface area is 214 Å². The van der Waals surface area contributed by atoms with E-state index in [4.69, 9.17) is 14.3 Å². The second-order valence-electron chi connectivity index (χ2n) is 10.9. The van der Waals surface area contributed by atoms with Gasteiger partial charge in [0, 0.05) is 6.42 Å². The van der Waals surface area contributed by atoms with Gasteiger partial charge in [-0.3, -0.25) is 4.79 Å². The summed E-state index contributed by atoms with van der Waals surface area (Å²) in [5, 5.41) is 8.77. The summed E-state index contributed by atoms with van der Waals surface area (Å²) >= 11 is 0. The predicted molar refractivity (Wildman–Crippen MR) is 139 cm³/mol. The predicted octanol–water partition coefficient (Wildman–Crippen LogP) is 7.97. The molecule has 0 spiro atoms. The van der Waals surface area contributed by atoms with E-state index in [2.05, 4.69) is 51.7 Å². The number of halogens is 3. The van der Waals surface area contributed by atoms with Gasteiger partial charge in [0.15, 0.2) is 8.32 Å². The minimum Gasteiger partial charge on any atom is -0.491 e. The number of carboxylic acid groups (broad SMARTS) is 1. The molecule has 0 aromatic heterocycles. The fraction of sp³-hybridized carbons (Fsp3) is 0.607. The summed E-state index contributed by atoms with van der Waals surface area (Å²) in [6, 6.07) is 4.94. The molecule has 1 fully saturated rings. The summed E-state index contributed by atoms with van der Waals surface area (Å²) in [7, 11) is -1.93. The standard InChI is InChI=1S/C28H41F3O4Si/c1-20-17-21(2)26(25(20)13-8-6-7-9-14-27(32)33)16-15-24(35-36(3,4)5)19-34-23-12-10-11-22(18-23)28(29,30)31/h6,8,10-12,15-16,18,20-21,24-26H,7,9,13-14,17,19H2,1-5H3,(H,32,33)/b8-6-,16-15+/t20-,21+,24+,25-,26-/m0/s1. The number of hydrogen-bond acceptors (Lipinski definition) is 3. The Bertz CT molecular complexity index is 892. The van der Waals surface area contributed by atoms with E-state index in [1.54, 1.807) is 0 Å². The molecule has 1 N–H and O–H groups in total. The first-order chi connectivity index (χ1) is 16.8. The molecule has 1 aliphatic carbocycles. The monoisotopic (exact) mass is 526 g/mol. The van der Waals surface area contributed by atoms with Crippen LogP contribution in [0.25, 0.3) is 0 Å². The molecule has 1 aliphatic rings. The number of rotatable bonds is 13. The van der Waals surface area contributed by atoms with Crippen molar-refractivity contribution in [1.82, 2.24) is 0 Å². The van der Waals surface area contributed by atoms with E-state index in [0.717, 1.165) is 31.4 Å². The van der Waals surface area contributed by atoms with Gasteiger partial charge in [-0.15, -0.1) is 0 Å². The molecule has 0 aliphatic heterocycles. The SMILES string of the molecule is C[C@@H]1C[C@H](C)[C@H](C/C=C\CCCC(=O)O)[C@H]1/C=C/[C@H](COc1cccc(C(F)(F)F)c1)O[Si](C)(C)C. The third kappa shape index (κ3) is 10.5. The summed E-state index contributed by atoms with van der Waals surface area (Å²) in [4.78, 5) is 10.7. The minimum absolute atomic E-state index is 0.146. The number of unbranched alkanes of at least 4 members (excludes halogenated alkanes) is 1. The van der Waals surface area contributed by atoms with Gasteiger partial charge in [-0.05, 0) is 87.2 Å². The number of carbonyl (C=O) groups is 1. The minimum atomic E-state index is -4.41. The van der Waals surface area contributed by atoms with Gasteiger partial charge in [0.05, 0.1) is 11.7 Å². The molecule has 202 valence electrons. The van der Waals surface area contributed by atoms with Crippen LogP contribution in [0.2, 0.25) is 19.6 Å². The van der Waals surface area contributed by atoms with E-state index in [0.29, 0.717) is 30.1 Å². The third-order valence-electron chi connectivity index (χ3n) is 6.59. The highest BCUT2D eigenvalue weighted by Gasteiger charge is 2.36.